The molecule has 0 atom stereocenters. The fourth-order valence-corrected chi connectivity index (χ4v) is 3.51. The first-order valence-electron chi connectivity index (χ1n) is 9.60. The average Bonchev–Trinajstić information content (AvgIpc) is 2.91. The molecule has 156 valence electrons. The Bertz CT molecular complexity index is 816. The van der Waals surface area contributed by atoms with Crippen molar-refractivity contribution in [2.45, 2.75) is 45.1 Å². The molecule has 0 unspecified atom stereocenters. The summed E-state index contributed by atoms with van der Waals surface area (Å²) in [7, 11) is 0. The van der Waals surface area contributed by atoms with Crippen molar-refractivity contribution in [1.29, 1.82) is 0 Å². The minimum Gasteiger partial charge on any atom is -0.482 e. The monoisotopic (exact) mass is 403 g/mol. The van der Waals surface area contributed by atoms with E-state index in [1.54, 1.807) is 18.2 Å². The summed E-state index contributed by atoms with van der Waals surface area (Å²) in [6, 6.07) is 6.48. The Kier molecular flexibility index (Phi) is 6.05. The lowest BCUT2D eigenvalue weighted by Crippen LogP contribution is -2.52. The van der Waals surface area contributed by atoms with E-state index >= 15 is 0 Å². The van der Waals surface area contributed by atoms with Gasteiger partial charge in [0.25, 0.3) is 11.8 Å². The van der Waals surface area contributed by atoms with Gasteiger partial charge < -0.3 is 14.8 Å². The summed E-state index contributed by atoms with van der Waals surface area (Å²) in [5.41, 5.74) is 2.24. The number of carbonyl (C=O) groups is 4. The zero-order chi connectivity index (χ0) is 21.0. The molecule has 1 saturated heterocycles. The van der Waals surface area contributed by atoms with Crippen LogP contribution in [0, 0.1) is 12.8 Å². The average molecular weight is 403 g/mol. The van der Waals surface area contributed by atoms with Gasteiger partial charge in [0.05, 0.1) is 0 Å². The number of hydrazine groups is 1. The summed E-state index contributed by atoms with van der Waals surface area (Å²) in [6.45, 7) is 3.01. The molecule has 1 aliphatic carbocycles. The SMILES string of the molecule is Cc1cccc(OCC(=O)OCC(=O)NN2C(=O)NC3(CCC(C)CC3)C2=O)c1. The number of hydrogen-bond donors (Lipinski definition) is 2. The van der Waals surface area contributed by atoms with Crippen molar-refractivity contribution in [1.82, 2.24) is 15.8 Å². The third kappa shape index (κ3) is 4.85. The Labute approximate surface area is 168 Å². The predicted octanol–water partition coefficient (Wildman–Crippen LogP) is 1.45. The standard InChI is InChI=1S/C20H25N3O6/c1-13-6-8-20(9-7-13)18(26)23(19(27)21-20)22-16(24)11-29-17(25)12-28-15-5-3-4-14(2)10-15/h3-5,10,13H,6-9,11-12H2,1-2H3,(H,21,27)(H,22,24). The topological polar surface area (TPSA) is 114 Å². The number of hydrogen-bond acceptors (Lipinski definition) is 6. The first-order chi connectivity index (χ1) is 13.8. The molecular weight excluding hydrogens is 378 g/mol. The van der Waals surface area contributed by atoms with E-state index in [9.17, 15) is 19.2 Å². The predicted molar refractivity (Wildman–Crippen MR) is 102 cm³/mol. The van der Waals surface area contributed by atoms with E-state index in [0.29, 0.717) is 29.5 Å². The van der Waals surface area contributed by atoms with Crippen LogP contribution in [0.1, 0.15) is 38.2 Å². The number of benzene rings is 1. The number of aryl methyl sites for hydroxylation is 1. The summed E-state index contributed by atoms with van der Waals surface area (Å²) >= 11 is 0. The Morgan fingerprint density at radius 2 is 1.97 bits per heavy atom. The fourth-order valence-electron chi connectivity index (χ4n) is 3.51. The quantitative estimate of drug-likeness (QED) is 0.549. The molecule has 9 heteroatoms. The number of urea groups is 1. The van der Waals surface area contributed by atoms with E-state index in [0.717, 1.165) is 18.4 Å². The minimum absolute atomic E-state index is 0.360. The van der Waals surface area contributed by atoms with Gasteiger partial charge in [0.1, 0.15) is 11.3 Å². The zero-order valence-corrected chi connectivity index (χ0v) is 16.5. The van der Waals surface area contributed by atoms with E-state index in [2.05, 4.69) is 17.7 Å². The summed E-state index contributed by atoms with van der Waals surface area (Å²) in [4.78, 5) is 48.6. The van der Waals surface area contributed by atoms with Gasteiger partial charge in [-0.15, -0.1) is 0 Å². The van der Waals surface area contributed by atoms with Crippen molar-refractivity contribution in [3.8, 4) is 5.75 Å². The van der Waals surface area contributed by atoms with Gasteiger partial charge in [0, 0.05) is 0 Å². The molecule has 1 aromatic rings. The molecule has 4 amide bonds. The van der Waals surface area contributed by atoms with E-state index in [-0.39, 0.29) is 6.61 Å². The molecule has 0 bridgehead atoms. The molecule has 0 radical (unpaired) electrons. The van der Waals surface area contributed by atoms with Crippen molar-refractivity contribution < 1.29 is 28.7 Å². The highest BCUT2D eigenvalue weighted by molar-refractivity contribution is 6.08. The molecule has 1 aliphatic heterocycles. The Hall–Kier alpha value is -3.10. The first kappa shape index (κ1) is 20.6. The Morgan fingerprint density at radius 3 is 2.66 bits per heavy atom. The van der Waals surface area contributed by atoms with Crippen LogP contribution in [0.2, 0.25) is 0 Å². The van der Waals surface area contributed by atoms with Crippen LogP contribution in [0.25, 0.3) is 0 Å². The van der Waals surface area contributed by atoms with Crippen LogP contribution in [0.3, 0.4) is 0 Å². The van der Waals surface area contributed by atoms with E-state index in [4.69, 9.17) is 9.47 Å². The van der Waals surface area contributed by atoms with Crippen LogP contribution in [0.15, 0.2) is 24.3 Å². The summed E-state index contributed by atoms with van der Waals surface area (Å²) in [5, 5.41) is 3.37. The number of rotatable bonds is 6. The molecule has 1 saturated carbocycles. The van der Waals surface area contributed by atoms with Gasteiger partial charge in [-0.05, 0) is 56.2 Å². The number of carbonyl (C=O) groups excluding carboxylic acids is 4. The van der Waals surface area contributed by atoms with Gasteiger partial charge in [-0.1, -0.05) is 19.1 Å². The molecule has 9 nitrogen and oxygen atoms in total. The van der Waals surface area contributed by atoms with Gasteiger partial charge >= 0.3 is 12.0 Å². The number of nitrogens with zero attached hydrogens (tertiary/aromatic N) is 1. The van der Waals surface area contributed by atoms with Crippen LogP contribution >= 0.6 is 0 Å². The van der Waals surface area contributed by atoms with Crippen LogP contribution in [-0.2, 0) is 19.1 Å². The lowest BCUT2D eigenvalue weighted by molar-refractivity contribution is -0.152. The van der Waals surface area contributed by atoms with Crippen molar-refractivity contribution in [2.75, 3.05) is 13.2 Å². The van der Waals surface area contributed by atoms with Gasteiger partial charge in [0.15, 0.2) is 13.2 Å². The number of amides is 4. The van der Waals surface area contributed by atoms with Crippen LogP contribution in [0.4, 0.5) is 4.79 Å². The molecule has 2 aliphatic rings. The van der Waals surface area contributed by atoms with Crippen molar-refractivity contribution in [2.24, 2.45) is 5.92 Å². The second-order valence-corrected chi connectivity index (χ2v) is 7.64. The van der Waals surface area contributed by atoms with Crippen LogP contribution in [-0.4, -0.2) is 47.6 Å². The van der Waals surface area contributed by atoms with E-state index in [1.165, 1.54) is 0 Å². The second-order valence-electron chi connectivity index (χ2n) is 7.64. The van der Waals surface area contributed by atoms with E-state index in [1.807, 2.05) is 13.0 Å². The number of esters is 1. The van der Waals surface area contributed by atoms with Crippen LogP contribution in [0.5, 0.6) is 5.75 Å². The van der Waals surface area contributed by atoms with Crippen molar-refractivity contribution in [3.63, 3.8) is 0 Å². The molecule has 0 aromatic heterocycles. The van der Waals surface area contributed by atoms with Gasteiger partial charge in [-0.2, -0.15) is 5.01 Å². The third-order valence-electron chi connectivity index (χ3n) is 5.24. The molecular formula is C20H25N3O6. The van der Waals surface area contributed by atoms with Crippen molar-refractivity contribution >= 4 is 23.8 Å². The smallest absolute Gasteiger partial charge is 0.344 e. The molecule has 2 N–H and O–H groups in total. The Balaban J connectivity index is 1.45. The van der Waals surface area contributed by atoms with Gasteiger partial charge in [-0.25, -0.2) is 9.59 Å². The molecule has 1 aromatic carbocycles. The maximum Gasteiger partial charge on any atom is 0.344 e. The van der Waals surface area contributed by atoms with Crippen LogP contribution < -0.4 is 15.5 Å². The molecule has 1 heterocycles. The second kappa shape index (κ2) is 8.50. The number of imide groups is 1. The molecule has 2 fully saturated rings. The van der Waals surface area contributed by atoms with Crippen molar-refractivity contribution in [3.05, 3.63) is 29.8 Å². The lowest BCUT2D eigenvalue weighted by atomic mass is 9.77. The zero-order valence-electron chi connectivity index (χ0n) is 16.5. The van der Waals surface area contributed by atoms with E-state index < -0.39 is 36.0 Å². The summed E-state index contributed by atoms with van der Waals surface area (Å²) in [6.07, 6.45) is 2.73. The maximum atomic E-state index is 12.7. The number of nitrogens with one attached hydrogen (secondary N) is 2. The summed E-state index contributed by atoms with van der Waals surface area (Å²) < 4.78 is 10.1. The fraction of sp³-hybridized carbons (Fsp3) is 0.500. The maximum absolute atomic E-state index is 12.7. The molecule has 29 heavy (non-hydrogen) atoms. The highest BCUT2D eigenvalue weighted by atomic mass is 16.6. The third-order valence-corrected chi connectivity index (χ3v) is 5.24. The number of ether oxygens (including phenoxy) is 2. The first-order valence-corrected chi connectivity index (χ1v) is 9.60. The van der Waals surface area contributed by atoms with Gasteiger partial charge in [0.2, 0.25) is 0 Å². The Morgan fingerprint density at radius 1 is 1.24 bits per heavy atom. The summed E-state index contributed by atoms with van der Waals surface area (Å²) in [5.74, 6) is -0.986. The molecule has 1 spiro atoms. The highest BCUT2D eigenvalue weighted by Gasteiger charge is 2.52. The lowest BCUT2D eigenvalue weighted by Gasteiger charge is -2.33. The normalized spacial score (nSPS) is 23.7. The minimum atomic E-state index is -0.949. The van der Waals surface area contributed by atoms with Gasteiger partial charge in [-0.3, -0.25) is 15.0 Å². The largest absolute Gasteiger partial charge is 0.482 e. The molecule has 3 rings (SSSR count). The highest BCUT2D eigenvalue weighted by Crippen LogP contribution is 2.35.